The van der Waals surface area contributed by atoms with Gasteiger partial charge in [0, 0.05) is 11.8 Å². The summed E-state index contributed by atoms with van der Waals surface area (Å²) in [6.45, 7) is 3.79. The molecule has 2 fully saturated rings. The first-order valence-electron chi connectivity index (χ1n) is 6.17. The van der Waals surface area contributed by atoms with Crippen molar-refractivity contribution in [3.8, 4) is 0 Å². The Hall–Kier alpha value is -0.150. The molecule has 0 aromatic rings. The van der Waals surface area contributed by atoms with Crippen molar-refractivity contribution in [3.63, 3.8) is 0 Å². The molecule has 1 aliphatic carbocycles. The number of alkyl halides is 1. The molecule has 0 bridgehead atoms. The van der Waals surface area contributed by atoms with Crippen LogP contribution in [0.3, 0.4) is 0 Å². The van der Waals surface area contributed by atoms with Gasteiger partial charge in [-0.05, 0) is 32.1 Å². The van der Waals surface area contributed by atoms with Gasteiger partial charge in [0.25, 0.3) is 0 Å². The summed E-state index contributed by atoms with van der Waals surface area (Å²) in [5.74, 6) is 0.980. The van der Waals surface area contributed by atoms with Crippen LogP contribution in [0, 0.1) is 11.8 Å². The normalized spacial score (nSPS) is 42.8. The Morgan fingerprint density at radius 1 is 1.07 bits per heavy atom. The van der Waals surface area contributed by atoms with Crippen LogP contribution in [0.15, 0.2) is 0 Å². The minimum absolute atomic E-state index is 0.0553. The fourth-order valence-corrected chi connectivity index (χ4v) is 2.42. The van der Waals surface area contributed by atoms with E-state index in [-0.39, 0.29) is 6.29 Å². The van der Waals surface area contributed by atoms with E-state index >= 15 is 0 Å². The van der Waals surface area contributed by atoms with E-state index in [0.717, 1.165) is 32.5 Å². The SMILES string of the molecule is CCC1COC(C2CCC(F)CC2)OC1. The van der Waals surface area contributed by atoms with Gasteiger partial charge in [-0.25, -0.2) is 4.39 Å². The Morgan fingerprint density at radius 2 is 1.67 bits per heavy atom. The van der Waals surface area contributed by atoms with Crippen LogP contribution >= 0.6 is 0 Å². The molecule has 1 aliphatic heterocycles. The minimum atomic E-state index is -0.590. The highest BCUT2D eigenvalue weighted by molar-refractivity contribution is 4.76. The van der Waals surface area contributed by atoms with E-state index in [9.17, 15) is 4.39 Å². The molecule has 0 radical (unpaired) electrons. The van der Waals surface area contributed by atoms with Crippen molar-refractivity contribution in [1.29, 1.82) is 0 Å². The van der Waals surface area contributed by atoms with Gasteiger partial charge in [-0.3, -0.25) is 0 Å². The molecule has 2 rings (SSSR count). The molecule has 3 heteroatoms. The van der Waals surface area contributed by atoms with Gasteiger partial charge in [-0.15, -0.1) is 0 Å². The second-order valence-corrected chi connectivity index (χ2v) is 4.82. The molecule has 1 saturated carbocycles. The fourth-order valence-electron chi connectivity index (χ4n) is 2.42. The summed E-state index contributed by atoms with van der Waals surface area (Å²) in [7, 11) is 0. The zero-order chi connectivity index (χ0) is 10.7. The molecule has 0 unspecified atom stereocenters. The Kier molecular flexibility index (Phi) is 3.98. The van der Waals surface area contributed by atoms with Crippen LogP contribution in [0.2, 0.25) is 0 Å². The molecule has 1 heterocycles. The zero-order valence-electron chi connectivity index (χ0n) is 9.45. The highest BCUT2D eigenvalue weighted by Crippen LogP contribution is 2.32. The predicted octanol–water partition coefficient (Wildman–Crippen LogP) is 2.91. The maximum absolute atomic E-state index is 13.0. The van der Waals surface area contributed by atoms with E-state index < -0.39 is 6.17 Å². The summed E-state index contributed by atoms with van der Waals surface area (Å²) in [6.07, 6.45) is 3.68. The smallest absolute Gasteiger partial charge is 0.160 e. The molecule has 1 saturated heterocycles. The molecule has 0 aromatic carbocycles. The lowest BCUT2D eigenvalue weighted by Crippen LogP contribution is -2.38. The summed E-state index contributed by atoms with van der Waals surface area (Å²) in [5, 5.41) is 0. The van der Waals surface area contributed by atoms with Crippen molar-refractivity contribution in [2.75, 3.05) is 13.2 Å². The van der Waals surface area contributed by atoms with Crippen molar-refractivity contribution >= 4 is 0 Å². The maximum atomic E-state index is 13.0. The van der Waals surface area contributed by atoms with Crippen molar-refractivity contribution < 1.29 is 13.9 Å². The molecular formula is C12H21FO2. The van der Waals surface area contributed by atoms with E-state index in [2.05, 4.69) is 6.92 Å². The average molecular weight is 216 g/mol. The molecule has 0 amide bonds. The predicted molar refractivity (Wildman–Crippen MR) is 56.3 cm³/mol. The standard InChI is InChI=1S/C12H21FO2/c1-2-9-7-14-12(15-8-9)10-3-5-11(13)6-4-10/h9-12H,2-8H2,1H3. The number of halogens is 1. The number of rotatable bonds is 2. The van der Waals surface area contributed by atoms with E-state index in [0.29, 0.717) is 24.7 Å². The fraction of sp³-hybridized carbons (Fsp3) is 1.00. The number of ether oxygens (including phenoxy) is 2. The van der Waals surface area contributed by atoms with Crippen LogP contribution in [-0.2, 0) is 9.47 Å². The third kappa shape index (κ3) is 2.91. The van der Waals surface area contributed by atoms with Crippen LogP contribution in [-0.4, -0.2) is 25.7 Å². The lowest BCUT2D eigenvalue weighted by Gasteiger charge is -2.36. The summed E-state index contributed by atoms with van der Waals surface area (Å²) in [5.41, 5.74) is 0. The lowest BCUT2D eigenvalue weighted by molar-refractivity contribution is -0.229. The van der Waals surface area contributed by atoms with Crippen LogP contribution in [0.4, 0.5) is 4.39 Å². The van der Waals surface area contributed by atoms with Gasteiger partial charge in [-0.1, -0.05) is 6.92 Å². The monoisotopic (exact) mass is 216 g/mol. The highest BCUT2D eigenvalue weighted by atomic mass is 19.1. The summed E-state index contributed by atoms with van der Waals surface area (Å²) < 4.78 is 24.4. The summed E-state index contributed by atoms with van der Waals surface area (Å²) >= 11 is 0. The average Bonchev–Trinajstić information content (AvgIpc) is 2.30. The maximum Gasteiger partial charge on any atom is 0.160 e. The van der Waals surface area contributed by atoms with Gasteiger partial charge in [0.2, 0.25) is 0 Å². The van der Waals surface area contributed by atoms with Crippen LogP contribution < -0.4 is 0 Å². The summed E-state index contributed by atoms with van der Waals surface area (Å²) in [6, 6.07) is 0. The largest absolute Gasteiger partial charge is 0.352 e. The molecule has 88 valence electrons. The third-order valence-corrected chi connectivity index (χ3v) is 3.66. The minimum Gasteiger partial charge on any atom is -0.352 e. The Bertz CT molecular complexity index is 182. The highest BCUT2D eigenvalue weighted by Gasteiger charge is 2.31. The van der Waals surface area contributed by atoms with Gasteiger partial charge in [-0.2, -0.15) is 0 Å². The Labute approximate surface area is 91.1 Å². The third-order valence-electron chi connectivity index (χ3n) is 3.66. The molecule has 2 nitrogen and oxygen atoms in total. The number of hydrogen-bond donors (Lipinski definition) is 0. The van der Waals surface area contributed by atoms with Gasteiger partial charge in [0.1, 0.15) is 6.17 Å². The van der Waals surface area contributed by atoms with Crippen molar-refractivity contribution in [1.82, 2.24) is 0 Å². The van der Waals surface area contributed by atoms with E-state index in [1.54, 1.807) is 0 Å². The van der Waals surface area contributed by atoms with Crippen LogP contribution in [0.1, 0.15) is 39.0 Å². The first-order chi connectivity index (χ1) is 7.29. The number of hydrogen-bond acceptors (Lipinski definition) is 2. The van der Waals surface area contributed by atoms with Gasteiger partial charge in [0.05, 0.1) is 13.2 Å². The Balaban J connectivity index is 1.75. The van der Waals surface area contributed by atoms with Gasteiger partial charge < -0.3 is 9.47 Å². The summed E-state index contributed by atoms with van der Waals surface area (Å²) in [4.78, 5) is 0. The molecule has 0 atom stereocenters. The first kappa shape index (κ1) is 11.3. The quantitative estimate of drug-likeness (QED) is 0.706. The molecule has 0 N–H and O–H groups in total. The molecule has 15 heavy (non-hydrogen) atoms. The van der Waals surface area contributed by atoms with Crippen molar-refractivity contribution in [2.24, 2.45) is 11.8 Å². The molecule has 0 aromatic heterocycles. The molecular weight excluding hydrogens is 195 g/mol. The van der Waals surface area contributed by atoms with Crippen molar-refractivity contribution in [2.45, 2.75) is 51.5 Å². The topological polar surface area (TPSA) is 18.5 Å². The molecule has 0 spiro atoms. The van der Waals surface area contributed by atoms with E-state index in [1.165, 1.54) is 0 Å². The zero-order valence-corrected chi connectivity index (χ0v) is 9.45. The Morgan fingerprint density at radius 3 is 2.20 bits per heavy atom. The molecule has 2 aliphatic rings. The van der Waals surface area contributed by atoms with Gasteiger partial charge in [0.15, 0.2) is 6.29 Å². The van der Waals surface area contributed by atoms with Crippen molar-refractivity contribution in [3.05, 3.63) is 0 Å². The van der Waals surface area contributed by atoms with Crippen LogP contribution in [0.5, 0.6) is 0 Å². The van der Waals surface area contributed by atoms with E-state index in [4.69, 9.17) is 9.47 Å². The van der Waals surface area contributed by atoms with Crippen LogP contribution in [0.25, 0.3) is 0 Å². The second kappa shape index (κ2) is 5.26. The first-order valence-corrected chi connectivity index (χ1v) is 6.17. The van der Waals surface area contributed by atoms with E-state index in [1.807, 2.05) is 0 Å². The van der Waals surface area contributed by atoms with Gasteiger partial charge >= 0.3 is 0 Å². The lowest BCUT2D eigenvalue weighted by atomic mass is 9.87. The second-order valence-electron chi connectivity index (χ2n) is 4.82.